The van der Waals surface area contributed by atoms with E-state index in [1.54, 1.807) is 6.20 Å². The summed E-state index contributed by atoms with van der Waals surface area (Å²) >= 11 is 0. The van der Waals surface area contributed by atoms with E-state index >= 15 is 0 Å². The van der Waals surface area contributed by atoms with Crippen molar-refractivity contribution in [3.05, 3.63) is 24.3 Å². The fraction of sp³-hybridized carbons (Fsp3) is 0.636. The highest BCUT2D eigenvalue weighted by Crippen LogP contribution is 2.25. The van der Waals surface area contributed by atoms with E-state index in [-0.39, 0.29) is 0 Å². The lowest BCUT2D eigenvalue weighted by molar-refractivity contribution is 0.354. The molecule has 0 amide bonds. The van der Waals surface area contributed by atoms with E-state index in [0.29, 0.717) is 0 Å². The lowest BCUT2D eigenvalue weighted by atomic mass is 9.86. The fourth-order valence-corrected chi connectivity index (χ4v) is 2.09. The van der Waals surface area contributed by atoms with Gasteiger partial charge in [-0.3, -0.25) is 0 Å². The number of rotatable bonds is 2. The van der Waals surface area contributed by atoms with Crippen molar-refractivity contribution < 1.29 is 0 Å². The van der Waals surface area contributed by atoms with Crippen molar-refractivity contribution in [1.29, 1.82) is 0 Å². The van der Waals surface area contributed by atoms with Crippen molar-refractivity contribution in [3.8, 4) is 0 Å². The fourth-order valence-electron chi connectivity index (χ4n) is 2.09. The summed E-state index contributed by atoms with van der Waals surface area (Å²) in [6.45, 7) is 0. The molecule has 0 aliphatic heterocycles. The molecule has 0 atom stereocenters. The quantitative estimate of drug-likeness (QED) is 0.689. The Bertz CT molecular complexity index is 240. The van der Waals surface area contributed by atoms with Crippen LogP contribution in [0.2, 0.25) is 0 Å². The number of nitrogens with zero attached hydrogens (tertiary/aromatic N) is 2. The predicted molar refractivity (Wildman–Crippen MR) is 51.1 cm³/mol. The molecule has 0 saturated heterocycles. The van der Waals surface area contributed by atoms with Crippen LogP contribution in [0.3, 0.4) is 0 Å². The third kappa shape index (κ3) is 2.51. The topological polar surface area (TPSA) is 25.8 Å². The van der Waals surface area contributed by atoms with E-state index in [0.717, 1.165) is 18.0 Å². The molecule has 13 heavy (non-hydrogen) atoms. The van der Waals surface area contributed by atoms with Gasteiger partial charge in [0.2, 0.25) is 0 Å². The monoisotopic (exact) mass is 175 g/mol. The second kappa shape index (κ2) is 4.35. The summed E-state index contributed by atoms with van der Waals surface area (Å²) < 4.78 is 0. The third-order valence-electron chi connectivity index (χ3n) is 2.82. The zero-order valence-corrected chi connectivity index (χ0v) is 7.87. The molecule has 0 aromatic carbocycles. The summed E-state index contributed by atoms with van der Waals surface area (Å²) in [7, 11) is 0. The standard InChI is InChI=1S/C11H15N2/c1-2-4-10(5-3-1)8-11-6-7-12-9-13-11/h6-7,10H,1-5,8H2. The van der Waals surface area contributed by atoms with Crippen LogP contribution in [0.5, 0.6) is 0 Å². The van der Waals surface area contributed by atoms with E-state index in [1.807, 2.05) is 6.07 Å². The molecule has 1 aromatic heterocycles. The Balaban J connectivity index is 1.90. The van der Waals surface area contributed by atoms with Crippen LogP contribution < -0.4 is 0 Å². The van der Waals surface area contributed by atoms with E-state index in [4.69, 9.17) is 0 Å². The van der Waals surface area contributed by atoms with Gasteiger partial charge in [0.1, 0.15) is 0 Å². The Morgan fingerprint density at radius 1 is 1.31 bits per heavy atom. The highest BCUT2D eigenvalue weighted by Gasteiger charge is 2.13. The molecule has 69 valence electrons. The van der Waals surface area contributed by atoms with Gasteiger partial charge in [0.15, 0.2) is 6.33 Å². The van der Waals surface area contributed by atoms with Crippen LogP contribution in [0.15, 0.2) is 12.3 Å². The second-order valence-electron chi connectivity index (χ2n) is 3.86. The maximum Gasteiger partial charge on any atom is 0.197 e. The van der Waals surface area contributed by atoms with Crippen LogP contribution in [0.4, 0.5) is 0 Å². The molecule has 1 aliphatic carbocycles. The SMILES string of the molecule is [c]1nccc(CC2CCCCC2)n1. The van der Waals surface area contributed by atoms with E-state index in [2.05, 4.69) is 16.3 Å². The first-order valence-electron chi connectivity index (χ1n) is 5.13. The summed E-state index contributed by atoms with van der Waals surface area (Å²) in [4.78, 5) is 7.94. The number of aromatic nitrogens is 2. The van der Waals surface area contributed by atoms with Crippen LogP contribution in [0.25, 0.3) is 0 Å². The van der Waals surface area contributed by atoms with E-state index in [9.17, 15) is 0 Å². The molecule has 1 aliphatic rings. The van der Waals surface area contributed by atoms with Crippen LogP contribution >= 0.6 is 0 Å². The zero-order chi connectivity index (χ0) is 8.93. The van der Waals surface area contributed by atoms with Gasteiger partial charge in [-0.05, 0) is 18.4 Å². The average Bonchev–Trinajstić information content (AvgIpc) is 2.21. The lowest BCUT2D eigenvalue weighted by Crippen LogP contribution is -2.10. The van der Waals surface area contributed by atoms with Gasteiger partial charge in [-0.25, -0.2) is 9.97 Å². The first-order valence-corrected chi connectivity index (χ1v) is 5.13. The Hall–Kier alpha value is -0.920. The van der Waals surface area contributed by atoms with Crippen LogP contribution in [-0.4, -0.2) is 9.97 Å². The normalized spacial score (nSPS) is 18.8. The highest BCUT2D eigenvalue weighted by molar-refractivity contribution is 4.98. The minimum absolute atomic E-state index is 0.858. The van der Waals surface area contributed by atoms with Crippen molar-refractivity contribution in [2.24, 2.45) is 5.92 Å². The first kappa shape index (κ1) is 8.67. The largest absolute Gasteiger partial charge is 0.234 e. The van der Waals surface area contributed by atoms with Gasteiger partial charge in [0, 0.05) is 11.9 Å². The third-order valence-corrected chi connectivity index (χ3v) is 2.82. The van der Waals surface area contributed by atoms with Crippen molar-refractivity contribution in [2.45, 2.75) is 38.5 Å². The molecule has 1 radical (unpaired) electrons. The maximum absolute atomic E-state index is 4.14. The van der Waals surface area contributed by atoms with Crippen LogP contribution in [0, 0.1) is 12.2 Å². The molecule has 1 aromatic rings. The summed E-state index contributed by atoms with van der Waals surface area (Å²) in [5, 5.41) is 0. The predicted octanol–water partition coefficient (Wildman–Crippen LogP) is 2.40. The number of hydrogen-bond acceptors (Lipinski definition) is 2. The lowest BCUT2D eigenvalue weighted by Gasteiger charge is -2.20. The van der Waals surface area contributed by atoms with Gasteiger partial charge in [-0.2, -0.15) is 0 Å². The summed E-state index contributed by atoms with van der Waals surface area (Å²) in [5.74, 6) is 0.858. The van der Waals surface area contributed by atoms with Crippen molar-refractivity contribution in [3.63, 3.8) is 0 Å². The van der Waals surface area contributed by atoms with Gasteiger partial charge in [-0.15, -0.1) is 0 Å². The smallest absolute Gasteiger partial charge is 0.197 e. The molecule has 2 rings (SSSR count). The molecule has 1 saturated carbocycles. The molecule has 2 nitrogen and oxygen atoms in total. The molecule has 1 heterocycles. The van der Waals surface area contributed by atoms with Crippen molar-refractivity contribution in [2.75, 3.05) is 0 Å². The first-order chi connectivity index (χ1) is 6.45. The molecule has 0 unspecified atom stereocenters. The molecule has 0 bridgehead atoms. The van der Waals surface area contributed by atoms with E-state index < -0.39 is 0 Å². The summed E-state index contributed by atoms with van der Waals surface area (Å²) in [6, 6.07) is 2.01. The molecule has 1 fully saturated rings. The van der Waals surface area contributed by atoms with Gasteiger partial charge in [-0.1, -0.05) is 32.1 Å². The molecule has 2 heteroatoms. The van der Waals surface area contributed by atoms with Crippen LogP contribution in [0.1, 0.15) is 37.8 Å². The van der Waals surface area contributed by atoms with Gasteiger partial charge in [0.05, 0.1) is 0 Å². The minimum atomic E-state index is 0.858. The number of hydrogen-bond donors (Lipinski definition) is 0. The summed E-state index contributed by atoms with van der Waals surface area (Å²) in [5.41, 5.74) is 1.15. The Morgan fingerprint density at radius 3 is 2.85 bits per heavy atom. The Morgan fingerprint density at radius 2 is 2.15 bits per heavy atom. The van der Waals surface area contributed by atoms with Crippen molar-refractivity contribution >= 4 is 0 Å². The molecular weight excluding hydrogens is 160 g/mol. The van der Waals surface area contributed by atoms with Crippen LogP contribution in [-0.2, 0) is 6.42 Å². The van der Waals surface area contributed by atoms with Gasteiger partial charge in [0.25, 0.3) is 0 Å². The molecule has 0 N–H and O–H groups in total. The Kier molecular flexibility index (Phi) is 2.90. The summed E-state index contributed by atoms with van der Waals surface area (Å²) in [6.07, 6.45) is 12.5. The maximum atomic E-state index is 4.14. The minimum Gasteiger partial charge on any atom is -0.234 e. The molecule has 0 spiro atoms. The van der Waals surface area contributed by atoms with Gasteiger partial charge >= 0.3 is 0 Å². The second-order valence-corrected chi connectivity index (χ2v) is 3.86. The zero-order valence-electron chi connectivity index (χ0n) is 7.87. The average molecular weight is 175 g/mol. The van der Waals surface area contributed by atoms with Crippen molar-refractivity contribution in [1.82, 2.24) is 9.97 Å². The Labute approximate surface area is 79.4 Å². The molecular formula is C11H15N2. The van der Waals surface area contributed by atoms with Gasteiger partial charge < -0.3 is 0 Å². The van der Waals surface area contributed by atoms with E-state index in [1.165, 1.54) is 32.1 Å². The highest BCUT2D eigenvalue weighted by atomic mass is 14.8.